The lowest BCUT2D eigenvalue weighted by Gasteiger charge is -2.25. The van der Waals surface area contributed by atoms with Crippen molar-refractivity contribution >= 4 is 29.4 Å². The fraction of sp³-hybridized carbons (Fsp3) is 0.146. The SMILES string of the molecule is CCOc1ccc(-c2nn(-c3ccccc3)cc2C=c2sc3n(c2=O)C(c2ccc(C(=O)OC)cc2)C(C(=O)OCc2ccccc2)=C(C)N=3)cc1. The zero-order chi connectivity index (χ0) is 36.2. The molecule has 52 heavy (non-hydrogen) atoms. The monoisotopic (exact) mass is 710 g/mol. The van der Waals surface area contributed by atoms with E-state index < -0.39 is 18.0 Å². The Bertz CT molecular complexity index is 2470. The Morgan fingerprint density at radius 1 is 0.885 bits per heavy atom. The largest absolute Gasteiger partial charge is 0.494 e. The van der Waals surface area contributed by atoms with Gasteiger partial charge in [-0.2, -0.15) is 5.10 Å². The molecule has 0 saturated carbocycles. The smallest absolute Gasteiger partial charge is 0.338 e. The first-order valence-electron chi connectivity index (χ1n) is 16.6. The summed E-state index contributed by atoms with van der Waals surface area (Å²) in [4.78, 5) is 45.8. The Labute approximate surface area is 303 Å². The predicted octanol–water partition coefficient (Wildman–Crippen LogP) is 6.02. The molecule has 0 saturated heterocycles. The number of thiazole rings is 1. The number of rotatable bonds is 10. The second-order valence-corrected chi connectivity index (χ2v) is 12.9. The van der Waals surface area contributed by atoms with Gasteiger partial charge in [-0.1, -0.05) is 72.0 Å². The molecule has 0 amide bonds. The molecule has 260 valence electrons. The molecule has 0 bridgehead atoms. The van der Waals surface area contributed by atoms with E-state index in [1.165, 1.54) is 23.0 Å². The van der Waals surface area contributed by atoms with Crippen molar-refractivity contribution in [2.45, 2.75) is 26.5 Å². The van der Waals surface area contributed by atoms with Crippen LogP contribution in [0.25, 0.3) is 23.0 Å². The van der Waals surface area contributed by atoms with Gasteiger partial charge in [-0.3, -0.25) is 9.36 Å². The van der Waals surface area contributed by atoms with Crippen molar-refractivity contribution in [3.8, 4) is 22.7 Å². The maximum Gasteiger partial charge on any atom is 0.338 e. The molecule has 1 unspecified atom stereocenters. The van der Waals surface area contributed by atoms with E-state index in [0.717, 1.165) is 28.1 Å². The predicted molar refractivity (Wildman–Crippen MR) is 198 cm³/mol. The number of benzene rings is 4. The van der Waals surface area contributed by atoms with Crippen LogP contribution in [0, 0.1) is 0 Å². The minimum absolute atomic E-state index is 0.0502. The van der Waals surface area contributed by atoms with Crippen molar-refractivity contribution in [2.24, 2.45) is 4.99 Å². The number of nitrogens with zero attached hydrogens (tertiary/aromatic N) is 4. The zero-order valence-electron chi connectivity index (χ0n) is 28.7. The number of carbonyl (C=O) groups is 2. The van der Waals surface area contributed by atoms with Gasteiger partial charge in [0, 0.05) is 17.3 Å². The second kappa shape index (κ2) is 14.9. The van der Waals surface area contributed by atoms with E-state index in [-0.39, 0.29) is 17.7 Å². The van der Waals surface area contributed by atoms with E-state index in [4.69, 9.17) is 24.3 Å². The number of fused-ring (bicyclic) bond motifs is 1. The van der Waals surface area contributed by atoms with Crippen LogP contribution in [0.3, 0.4) is 0 Å². The van der Waals surface area contributed by atoms with E-state index in [9.17, 15) is 14.4 Å². The minimum Gasteiger partial charge on any atom is -0.494 e. The van der Waals surface area contributed by atoms with E-state index in [1.807, 2.05) is 104 Å². The molecule has 3 heterocycles. The third-order valence-electron chi connectivity index (χ3n) is 8.59. The van der Waals surface area contributed by atoms with Gasteiger partial charge in [-0.15, -0.1) is 0 Å². The highest BCUT2D eigenvalue weighted by atomic mass is 32.1. The Morgan fingerprint density at radius 2 is 1.58 bits per heavy atom. The number of aromatic nitrogens is 3. The molecule has 0 fully saturated rings. The standard InChI is InChI=1S/C41H34N4O6S/c1-4-50-33-21-19-28(20-22-33)36-31(24-44(43-36)32-13-9-6-10-14-32)23-34-38(46)45-37(29-15-17-30(18-16-29)39(47)49-3)35(26(2)42-41(45)52-34)40(48)51-25-27-11-7-5-8-12-27/h5-24,37H,4,25H2,1-3H3. The van der Waals surface area contributed by atoms with Crippen molar-refractivity contribution in [2.75, 3.05) is 13.7 Å². The molecule has 4 aromatic carbocycles. The van der Waals surface area contributed by atoms with Crippen LogP contribution in [-0.4, -0.2) is 40.0 Å². The third kappa shape index (κ3) is 6.86. The number of allylic oxidation sites excluding steroid dienone is 1. The molecule has 1 aliphatic heterocycles. The average molecular weight is 711 g/mol. The Hall–Kier alpha value is -6.33. The fourth-order valence-electron chi connectivity index (χ4n) is 6.07. The highest BCUT2D eigenvalue weighted by Crippen LogP contribution is 2.32. The first-order chi connectivity index (χ1) is 25.3. The lowest BCUT2D eigenvalue weighted by molar-refractivity contribution is -0.140. The molecule has 6 aromatic rings. The summed E-state index contributed by atoms with van der Waals surface area (Å²) in [6, 6.07) is 32.5. The summed E-state index contributed by atoms with van der Waals surface area (Å²) in [6.45, 7) is 4.27. The van der Waals surface area contributed by atoms with Gasteiger partial charge in [-0.25, -0.2) is 19.3 Å². The molecule has 0 aliphatic carbocycles. The number of methoxy groups -OCH3 is 1. The number of para-hydroxylation sites is 1. The molecular weight excluding hydrogens is 677 g/mol. The molecule has 0 radical (unpaired) electrons. The van der Waals surface area contributed by atoms with Crippen LogP contribution in [0.5, 0.6) is 5.75 Å². The van der Waals surface area contributed by atoms with Gasteiger partial charge >= 0.3 is 11.9 Å². The quantitative estimate of drug-likeness (QED) is 0.160. The minimum atomic E-state index is -0.869. The molecule has 1 aliphatic rings. The maximum absolute atomic E-state index is 14.5. The van der Waals surface area contributed by atoms with E-state index >= 15 is 0 Å². The van der Waals surface area contributed by atoms with Gasteiger partial charge in [0.25, 0.3) is 5.56 Å². The molecule has 1 atom stereocenters. The molecular formula is C41H34N4O6S. The Kier molecular flexibility index (Phi) is 9.77. The summed E-state index contributed by atoms with van der Waals surface area (Å²) >= 11 is 1.22. The highest BCUT2D eigenvalue weighted by molar-refractivity contribution is 7.07. The maximum atomic E-state index is 14.5. The van der Waals surface area contributed by atoms with Crippen molar-refractivity contribution in [1.29, 1.82) is 0 Å². The van der Waals surface area contributed by atoms with Crippen molar-refractivity contribution < 1.29 is 23.8 Å². The van der Waals surface area contributed by atoms with Gasteiger partial charge in [0.15, 0.2) is 4.80 Å². The van der Waals surface area contributed by atoms with Crippen LogP contribution in [0.4, 0.5) is 0 Å². The number of carbonyl (C=O) groups excluding carboxylic acids is 2. The van der Waals surface area contributed by atoms with Gasteiger partial charge in [0.1, 0.15) is 18.1 Å². The number of hydrogen-bond donors (Lipinski definition) is 0. The second-order valence-electron chi connectivity index (χ2n) is 11.9. The highest BCUT2D eigenvalue weighted by Gasteiger charge is 2.33. The van der Waals surface area contributed by atoms with Crippen LogP contribution >= 0.6 is 11.3 Å². The van der Waals surface area contributed by atoms with Crippen LogP contribution < -0.4 is 19.6 Å². The van der Waals surface area contributed by atoms with Gasteiger partial charge < -0.3 is 14.2 Å². The summed E-state index contributed by atoms with van der Waals surface area (Å²) in [7, 11) is 1.31. The van der Waals surface area contributed by atoms with Crippen molar-refractivity contribution in [3.63, 3.8) is 0 Å². The van der Waals surface area contributed by atoms with Crippen LogP contribution in [0.2, 0.25) is 0 Å². The summed E-state index contributed by atoms with van der Waals surface area (Å²) in [5.41, 5.74) is 5.19. The summed E-state index contributed by atoms with van der Waals surface area (Å²) in [6.07, 6.45) is 3.70. The summed E-state index contributed by atoms with van der Waals surface area (Å²) in [5, 5.41) is 4.93. The van der Waals surface area contributed by atoms with E-state index in [0.29, 0.717) is 38.5 Å². The average Bonchev–Trinajstić information content (AvgIpc) is 3.74. The Balaban J connectivity index is 1.35. The molecule has 10 nitrogen and oxygen atoms in total. The van der Waals surface area contributed by atoms with Crippen molar-refractivity contribution in [3.05, 3.63) is 169 Å². The number of esters is 2. The van der Waals surface area contributed by atoms with Gasteiger partial charge in [-0.05, 0) is 79.6 Å². The van der Waals surface area contributed by atoms with Gasteiger partial charge in [0.2, 0.25) is 0 Å². The van der Waals surface area contributed by atoms with E-state index in [2.05, 4.69) is 0 Å². The normalized spacial score (nSPS) is 14.1. The van der Waals surface area contributed by atoms with Crippen LogP contribution in [-0.2, 0) is 20.9 Å². The summed E-state index contributed by atoms with van der Waals surface area (Å²) < 4.78 is 20.0. The summed E-state index contributed by atoms with van der Waals surface area (Å²) in [5.74, 6) is -0.343. The van der Waals surface area contributed by atoms with Gasteiger partial charge in [0.05, 0.1) is 46.8 Å². The van der Waals surface area contributed by atoms with E-state index in [1.54, 1.807) is 35.9 Å². The molecule has 7 rings (SSSR count). The zero-order valence-corrected chi connectivity index (χ0v) is 29.5. The molecule has 2 aromatic heterocycles. The molecule has 0 N–H and O–H groups in total. The number of hydrogen-bond acceptors (Lipinski definition) is 9. The lowest BCUT2D eigenvalue weighted by atomic mass is 9.95. The first kappa shape index (κ1) is 34.1. The topological polar surface area (TPSA) is 114 Å². The van der Waals surface area contributed by atoms with Crippen LogP contribution in [0.15, 0.2) is 136 Å². The third-order valence-corrected chi connectivity index (χ3v) is 9.57. The van der Waals surface area contributed by atoms with Crippen molar-refractivity contribution in [1.82, 2.24) is 14.3 Å². The number of ether oxygens (including phenoxy) is 3. The lowest BCUT2D eigenvalue weighted by Crippen LogP contribution is -2.39. The molecule has 0 spiro atoms. The molecule has 11 heteroatoms. The fourth-order valence-corrected chi connectivity index (χ4v) is 7.10. The Morgan fingerprint density at radius 3 is 2.25 bits per heavy atom. The first-order valence-corrected chi connectivity index (χ1v) is 17.5. The van der Waals surface area contributed by atoms with Crippen LogP contribution in [0.1, 0.15) is 46.9 Å².